The Hall–Kier alpha value is -1.68. The molecule has 32 heavy (non-hydrogen) atoms. The van der Waals surface area contributed by atoms with Crippen LogP contribution in [0.1, 0.15) is 85.3 Å². The highest BCUT2D eigenvalue weighted by atomic mass is 16.5. The van der Waals surface area contributed by atoms with Crippen molar-refractivity contribution in [2.24, 2.45) is 23.7 Å². The topological polar surface area (TPSA) is 52.6 Å². The molecule has 0 aromatic heterocycles. The van der Waals surface area contributed by atoms with Crippen LogP contribution in [0.3, 0.4) is 0 Å². The number of benzene rings is 1. The molecule has 1 aromatic carbocycles. The average Bonchev–Trinajstić information content (AvgIpc) is 2.78. The molecule has 1 aliphatic carbocycles. The van der Waals surface area contributed by atoms with Crippen molar-refractivity contribution in [3.05, 3.63) is 35.4 Å². The van der Waals surface area contributed by atoms with Gasteiger partial charge in [-0.15, -0.1) is 0 Å². The summed E-state index contributed by atoms with van der Waals surface area (Å²) in [6, 6.07) is 8.26. The molecule has 0 spiro atoms. The van der Waals surface area contributed by atoms with E-state index in [0.717, 1.165) is 18.4 Å². The summed E-state index contributed by atoms with van der Waals surface area (Å²) < 4.78 is 11.1. The molecular formula is C28H46O4. The predicted molar refractivity (Wildman–Crippen MR) is 132 cm³/mol. The molecule has 0 N–H and O–H groups in total. The maximum absolute atomic E-state index is 13.7. The lowest BCUT2D eigenvalue weighted by molar-refractivity contribution is -0.176. The van der Waals surface area contributed by atoms with E-state index in [2.05, 4.69) is 46.8 Å². The lowest BCUT2D eigenvalue weighted by Crippen LogP contribution is -2.58. The van der Waals surface area contributed by atoms with E-state index < -0.39 is 5.41 Å². The summed E-state index contributed by atoms with van der Waals surface area (Å²) in [6.45, 7) is 17.2. The number of fused-ring (bicyclic) bond motifs is 1. The second-order valence-electron chi connectivity index (χ2n) is 9.07. The standard InChI is InChI=1S/C23H32O4.C3H8.C2H6/c1-6-11-23(19-10-8-7-9-14(19)2)15(3)18-13-27-16(4)21(22(25)26-5)17(18)12-20(23)24;1-3-2;1-2/h7-10,15-18,21H,6,11-13H2,1-5H3;3H2,1-2H3;1-2H3/t15-,16+,17+,18-,21-,23+;;/m0../s1. The van der Waals surface area contributed by atoms with Gasteiger partial charge in [0.05, 0.1) is 31.2 Å². The van der Waals surface area contributed by atoms with Gasteiger partial charge in [-0.1, -0.05) is 78.6 Å². The quantitative estimate of drug-likeness (QED) is 0.494. The maximum Gasteiger partial charge on any atom is 0.311 e. The lowest BCUT2D eigenvalue weighted by atomic mass is 9.51. The molecule has 4 heteroatoms. The van der Waals surface area contributed by atoms with Gasteiger partial charge in [-0.25, -0.2) is 0 Å². The molecule has 6 atom stereocenters. The number of hydrogen-bond donors (Lipinski definition) is 0. The molecule has 2 fully saturated rings. The van der Waals surface area contributed by atoms with Crippen LogP contribution < -0.4 is 0 Å². The first-order valence-electron chi connectivity index (χ1n) is 12.6. The van der Waals surface area contributed by atoms with Crippen molar-refractivity contribution in [2.45, 2.75) is 92.6 Å². The van der Waals surface area contributed by atoms with Crippen LogP contribution in [0.25, 0.3) is 0 Å². The number of aryl methyl sites for hydroxylation is 1. The van der Waals surface area contributed by atoms with Crippen LogP contribution in [0.2, 0.25) is 0 Å². The van der Waals surface area contributed by atoms with E-state index in [9.17, 15) is 9.59 Å². The summed E-state index contributed by atoms with van der Waals surface area (Å²) in [5, 5.41) is 0. The van der Waals surface area contributed by atoms with E-state index in [1.165, 1.54) is 19.1 Å². The SMILES string of the molecule is CC.CCC.CCC[C@@]1(c2ccccc2C)C(=O)C[C@@H]2[C@@H](CO[C@H](C)[C@@H]2C(=O)OC)[C@@H]1C. The van der Waals surface area contributed by atoms with E-state index in [-0.39, 0.29) is 41.5 Å². The molecule has 1 saturated carbocycles. The molecule has 1 aromatic rings. The van der Waals surface area contributed by atoms with E-state index >= 15 is 0 Å². The van der Waals surface area contributed by atoms with Crippen LogP contribution >= 0.6 is 0 Å². The van der Waals surface area contributed by atoms with Gasteiger partial charge in [-0.2, -0.15) is 0 Å². The number of carbonyl (C=O) groups excluding carboxylic acids is 2. The highest BCUT2D eigenvalue weighted by Crippen LogP contribution is 2.53. The fourth-order valence-electron chi connectivity index (χ4n) is 5.78. The van der Waals surface area contributed by atoms with Crippen molar-refractivity contribution < 1.29 is 19.1 Å². The van der Waals surface area contributed by atoms with Crippen LogP contribution in [0, 0.1) is 30.6 Å². The van der Waals surface area contributed by atoms with E-state index in [0.29, 0.717) is 13.0 Å². The Morgan fingerprint density at radius 3 is 2.25 bits per heavy atom. The summed E-state index contributed by atoms with van der Waals surface area (Å²) in [5.74, 6) is -0.0561. The second kappa shape index (κ2) is 13.1. The smallest absolute Gasteiger partial charge is 0.311 e. The van der Waals surface area contributed by atoms with Gasteiger partial charge in [0.25, 0.3) is 0 Å². The number of carbonyl (C=O) groups is 2. The third-order valence-electron chi connectivity index (χ3n) is 7.15. The van der Waals surface area contributed by atoms with Crippen molar-refractivity contribution in [2.75, 3.05) is 13.7 Å². The molecule has 0 unspecified atom stereocenters. The first kappa shape index (κ1) is 28.4. The van der Waals surface area contributed by atoms with Gasteiger partial charge >= 0.3 is 5.97 Å². The first-order valence-corrected chi connectivity index (χ1v) is 12.6. The lowest BCUT2D eigenvalue weighted by Gasteiger charge is -2.53. The fraction of sp³-hybridized carbons (Fsp3) is 0.714. The molecule has 182 valence electrons. The summed E-state index contributed by atoms with van der Waals surface area (Å²) >= 11 is 0. The number of ketones is 1. The Bertz CT molecular complexity index is 728. The molecule has 1 aliphatic heterocycles. The van der Waals surface area contributed by atoms with Crippen molar-refractivity contribution in [3.8, 4) is 0 Å². The minimum Gasteiger partial charge on any atom is -0.469 e. The molecule has 2 aliphatic rings. The summed E-state index contributed by atoms with van der Waals surface area (Å²) in [7, 11) is 1.42. The van der Waals surface area contributed by atoms with Crippen molar-refractivity contribution in [1.82, 2.24) is 0 Å². The normalized spacial score (nSPS) is 31.3. The van der Waals surface area contributed by atoms with Crippen LogP contribution in [-0.4, -0.2) is 31.6 Å². The molecular weight excluding hydrogens is 400 g/mol. The number of ether oxygens (including phenoxy) is 2. The highest BCUT2D eigenvalue weighted by molar-refractivity contribution is 5.92. The first-order chi connectivity index (χ1) is 15.3. The van der Waals surface area contributed by atoms with E-state index in [1.54, 1.807) is 0 Å². The Labute approximate surface area is 196 Å². The minimum absolute atomic E-state index is 0.00213. The second-order valence-corrected chi connectivity index (χ2v) is 9.07. The summed E-state index contributed by atoms with van der Waals surface area (Å²) in [5.41, 5.74) is 1.82. The van der Waals surface area contributed by atoms with Gasteiger partial charge < -0.3 is 9.47 Å². The minimum atomic E-state index is -0.494. The zero-order valence-electron chi connectivity index (χ0n) is 21.9. The Morgan fingerprint density at radius 1 is 1.12 bits per heavy atom. The van der Waals surface area contributed by atoms with Gasteiger partial charge in [0.1, 0.15) is 5.78 Å². The fourth-order valence-corrected chi connectivity index (χ4v) is 5.78. The van der Waals surface area contributed by atoms with Gasteiger partial charge in [0.2, 0.25) is 0 Å². The predicted octanol–water partition coefficient (Wildman–Crippen LogP) is 6.52. The zero-order chi connectivity index (χ0) is 24.5. The van der Waals surface area contributed by atoms with Gasteiger partial charge in [-0.3, -0.25) is 9.59 Å². The van der Waals surface area contributed by atoms with Gasteiger partial charge in [-0.05, 0) is 49.1 Å². The molecule has 1 saturated heterocycles. The molecule has 0 amide bonds. The average molecular weight is 447 g/mol. The molecule has 3 rings (SSSR count). The van der Waals surface area contributed by atoms with Gasteiger partial charge in [0, 0.05) is 6.42 Å². The number of esters is 1. The number of methoxy groups -OCH3 is 1. The zero-order valence-corrected chi connectivity index (χ0v) is 21.9. The number of Topliss-reactive ketones (excluding diaryl/α,β-unsaturated/α-hetero) is 1. The van der Waals surface area contributed by atoms with Gasteiger partial charge in [0.15, 0.2) is 0 Å². The molecule has 0 radical (unpaired) electrons. The van der Waals surface area contributed by atoms with E-state index in [1.807, 2.05) is 32.9 Å². The number of hydrogen-bond acceptors (Lipinski definition) is 4. The monoisotopic (exact) mass is 446 g/mol. The van der Waals surface area contributed by atoms with Crippen molar-refractivity contribution in [1.29, 1.82) is 0 Å². The van der Waals surface area contributed by atoms with Crippen LogP contribution in [-0.2, 0) is 24.5 Å². The molecule has 4 nitrogen and oxygen atoms in total. The highest BCUT2D eigenvalue weighted by Gasteiger charge is 2.58. The third kappa shape index (κ3) is 5.44. The Balaban J connectivity index is 0.000000944. The molecule has 1 heterocycles. The summed E-state index contributed by atoms with van der Waals surface area (Å²) in [4.78, 5) is 26.1. The Morgan fingerprint density at radius 2 is 1.72 bits per heavy atom. The van der Waals surface area contributed by atoms with Crippen LogP contribution in [0.4, 0.5) is 0 Å². The summed E-state index contributed by atoms with van der Waals surface area (Å²) in [6.07, 6.45) is 3.24. The van der Waals surface area contributed by atoms with E-state index in [4.69, 9.17) is 9.47 Å². The van der Waals surface area contributed by atoms with Crippen LogP contribution in [0.5, 0.6) is 0 Å². The Kier molecular flexibility index (Phi) is 11.6. The molecule has 0 bridgehead atoms. The maximum atomic E-state index is 13.7. The van der Waals surface area contributed by atoms with Crippen molar-refractivity contribution in [3.63, 3.8) is 0 Å². The third-order valence-corrected chi connectivity index (χ3v) is 7.15. The number of rotatable bonds is 4. The van der Waals surface area contributed by atoms with Crippen LogP contribution in [0.15, 0.2) is 24.3 Å². The van der Waals surface area contributed by atoms with Crippen molar-refractivity contribution >= 4 is 11.8 Å². The largest absolute Gasteiger partial charge is 0.469 e.